The van der Waals surface area contributed by atoms with Crippen LogP contribution in [-0.4, -0.2) is 31.1 Å². The van der Waals surface area contributed by atoms with Gasteiger partial charge in [-0.3, -0.25) is 4.79 Å². The standard InChI is InChI=1S/C18H16O5/c1-22-17-11-14(8-10-16(17)20)15(19)9-5-12-3-6-13(7-4-12)18(21)23-2/h3-11,20H,1-2H3. The molecule has 0 aliphatic rings. The van der Waals surface area contributed by atoms with Gasteiger partial charge in [-0.2, -0.15) is 0 Å². The summed E-state index contributed by atoms with van der Waals surface area (Å²) in [6.45, 7) is 0. The molecule has 0 heterocycles. The van der Waals surface area contributed by atoms with Gasteiger partial charge in [-0.1, -0.05) is 18.2 Å². The van der Waals surface area contributed by atoms with Crippen LogP contribution in [0.4, 0.5) is 0 Å². The lowest BCUT2D eigenvalue weighted by atomic mass is 10.1. The first-order valence-corrected chi connectivity index (χ1v) is 6.83. The van der Waals surface area contributed by atoms with Crippen molar-refractivity contribution in [2.75, 3.05) is 14.2 Å². The molecule has 0 unspecified atom stereocenters. The number of allylic oxidation sites excluding steroid dienone is 1. The molecule has 0 atom stereocenters. The van der Waals surface area contributed by atoms with Gasteiger partial charge >= 0.3 is 5.97 Å². The molecule has 1 N–H and O–H groups in total. The first-order chi connectivity index (χ1) is 11.0. The third-order valence-electron chi connectivity index (χ3n) is 3.22. The zero-order valence-electron chi connectivity index (χ0n) is 12.8. The number of carbonyl (C=O) groups is 2. The average molecular weight is 312 g/mol. The lowest BCUT2D eigenvalue weighted by Gasteiger charge is -2.04. The Labute approximate surface area is 133 Å². The molecule has 2 aromatic rings. The van der Waals surface area contributed by atoms with E-state index in [1.807, 2.05) is 0 Å². The molecule has 5 heteroatoms. The topological polar surface area (TPSA) is 72.8 Å². The minimum atomic E-state index is -0.409. The number of ether oxygens (including phenoxy) is 2. The summed E-state index contributed by atoms with van der Waals surface area (Å²) in [6, 6.07) is 11.1. The zero-order chi connectivity index (χ0) is 16.8. The van der Waals surface area contributed by atoms with Crippen LogP contribution in [0.3, 0.4) is 0 Å². The SMILES string of the molecule is COC(=O)c1ccc(C=CC(=O)c2ccc(O)c(OC)c2)cc1. The van der Waals surface area contributed by atoms with E-state index in [1.54, 1.807) is 30.3 Å². The molecule has 0 amide bonds. The van der Waals surface area contributed by atoms with Gasteiger partial charge in [0.05, 0.1) is 19.8 Å². The minimum Gasteiger partial charge on any atom is -0.504 e. The number of benzene rings is 2. The van der Waals surface area contributed by atoms with Crippen molar-refractivity contribution in [2.45, 2.75) is 0 Å². The van der Waals surface area contributed by atoms with Crippen LogP contribution in [-0.2, 0) is 4.74 Å². The summed E-state index contributed by atoms with van der Waals surface area (Å²) in [6.07, 6.45) is 3.06. The van der Waals surface area contributed by atoms with Gasteiger partial charge in [0.15, 0.2) is 17.3 Å². The second kappa shape index (κ2) is 7.26. The molecule has 0 radical (unpaired) electrons. The van der Waals surface area contributed by atoms with Crippen molar-refractivity contribution in [3.63, 3.8) is 0 Å². The summed E-state index contributed by atoms with van der Waals surface area (Å²) in [5.74, 6) is -0.411. The second-order valence-electron chi connectivity index (χ2n) is 4.70. The maximum Gasteiger partial charge on any atom is 0.337 e. The molecule has 5 nitrogen and oxygen atoms in total. The Morgan fingerprint density at radius 1 is 1.00 bits per heavy atom. The van der Waals surface area contributed by atoms with Crippen molar-refractivity contribution in [3.05, 3.63) is 65.2 Å². The summed E-state index contributed by atoms with van der Waals surface area (Å²) in [7, 11) is 2.74. The highest BCUT2D eigenvalue weighted by molar-refractivity contribution is 6.07. The first-order valence-electron chi connectivity index (χ1n) is 6.83. The molecule has 0 saturated carbocycles. The molecule has 0 fully saturated rings. The number of esters is 1. The molecule has 2 aromatic carbocycles. The van der Waals surface area contributed by atoms with E-state index in [1.165, 1.54) is 38.5 Å². The number of ketones is 1. The highest BCUT2D eigenvalue weighted by Crippen LogP contribution is 2.26. The number of rotatable bonds is 5. The van der Waals surface area contributed by atoms with E-state index in [0.717, 1.165) is 5.56 Å². The number of hydrogen-bond acceptors (Lipinski definition) is 5. The Morgan fingerprint density at radius 2 is 1.65 bits per heavy atom. The summed E-state index contributed by atoms with van der Waals surface area (Å²) in [4.78, 5) is 23.5. The Kier molecular flexibility index (Phi) is 5.15. The predicted octanol–water partition coefficient (Wildman–Crippen LogP) is 3.08. The Morgan fingerprint density at radius 3 is 2.26 bits per heavy atom. The smallest absolute Gasteiger partial charge is 0.337 e. The molecule has 118 valence electrons. The van der Waals surface area contributed by atoms with Crippen molar-refractivity contribution < 1.29 is 24.2 Å². The molecule has 0 saturated heterocycles. The van der Waals surface area contributed by atoms with Crippen molar-refractivity contribution >= 4 is 17.8 Å². The van der Waals surface area contributed by atoms with Crippen LogP contribution in [0, 0.1) is 0 Å². The largest absolute Gasteiger partial charge is 0.504 e. The maximum absolute atomic E-state index is 12.1. The van der Waals surface area contributed by atoms with Crippen molar-refractivity contribution in [1.82, 2.24) is 0 Å². The van der Waals surface area contributed by atoms with E-state index in [9.17, 15) is 14.7 Å². The molecule has 0 aromatic heterocycles. The summed E-state index contributed by atoms with van der Waals surface area (Å²) < 4.78 is 9.59. The van der Waals surface area contributed by atoms with E-state index in [-0.39, 0.29) is 17.3 Å². The summed E-state index contributed by atoms with van der Waals surface area (Å²) >= 11 is 0. The first kappa shape index (κ1) is 16.3. The maximum atomic E-state index is 12.1. The van der Waals surface area contributed by atoms with E-state index >= 15 is 0 Å². The minimum absolute atomic E-state index is 0.0218. The fraction of sp³-hybridized carbons (Fsp3) is 0.111. The van der Waals surface area contributed by atoms with E-state index in [0.29, 0.717) is 11.1 Å². The molecular formula is C18H16O5. The fourth-order valence-electron chi connectivity index (χ4n) is 1.95. The Hall–Kier alpha value is -3.08. The van der Waals surface area contributed by atoms with Crippen LogP contribution in [0.1, 0.15) is 26.3 Å². The highest BCUT2D eigenvalue weighted by atomic mass is 16.5. The quantitative estimate of drug-likeness (QED) is 0.522. The van der Waals surface area contributed by atoms with Crippen LogP contribution in [0.2, 0.25) is 0 Å². The van der Waals surface area contributed by atoms with Gasteiger partial charge in [0.2, 0.25) is 0 Å². The van der Waals surface area contributed by atoms with Gasteiger partial charge in [-0.05, 0) is 42.0 Å². The highest BCUT2D eigenvalue weighted by Gasteiger charge is 2.07. The monoisotopic (exact) mass is 312 g/mol. The Bertz CT molecular complexity index is 745. The predicted molar refractivity (Wildman–Crippen MR) is 85.8 cm³/mol. The van der Waals surface area contributed by atoms with E-state index in [2.05, 4.69) is 4.74 Å². The fourth-order valence-corrected chi connectivity index (χ4v) is 1.95. The molecule has 0 aliphatic heterocycles. The molecule has 23 heavy (non-hydrogen) atoms. The number of phenols is 1. The lowest BCUT2D eigenvalue weighted by Crippen LogP contribution is -2.00. The van der Waals surface area contributed by atoms with Crippen LogP contribution in [0.15, 0.2) is 48.5 Å². The number of aromatic hydroxyl groups is 1. The van der Waals surface area contributed by atoms with Gasteiger partial charge in [0.1, 0.15) is 0 Å². The normalized spacial score (nSPS) is 10.5. The Balaban J connectivity index is 2.13. The number of carbonyl (C=O) groups excluding carboxylic acids is 2. The summed E-state index contributed by atoms with van der Waals surface area (Å²) in [5.41, 5.74) is 1.62. The third kappa shape index (κ3) is 3.97. The van der Waals surface area contributed by atoms with Crippen LogP contribution in [0.25, 0.3) is 6.08 Å². The number of methoxy groups -OCH3 is 2. The third-order valence-corrected chi connectivity index (χ3v) is 3.22. The zero-order valence-corrected chi connectivity index (χ0v) is 12.8. The van der Waals surface area contributed by atoms with Crippen LogP contribution in [0.5, 0.6) is 11.5 Å². The van der Waals surface area contributed by atoms with Crippen molar-refractivity contribution in [2.24, 2.45) is 0 Å². The van der Waals surface area contributed by atoms with Gasteiger partial charge in [0.25, 0.3) is 0 Å². The van der Waals surface area contributed by atoms with Gasteiger partial charge in [-0.25, -0.2) is 4.79 Å². The average Bonchev–Trinajstić information content (AvgIpc) is 2.59. The van der Waals surface area contributed by atoms with E-state index < -0.39 is 5.97 Å². The van der Waals surface area contributed by atoms with Crippen molar-refractivity contribution in [3.8, 4) is 11.5 Å². The van der Waals surface area contributed by atoms with Gasteiger partial charge < -0.3 is 14.6 Å². The lowest BCUT2D eigenvalue weighted by molar-refractivity contribution is 0.0600. The molecular weight excluding hydrogens is 296 g/mol. The van der Waals surface area contributed by atoms with Crippen molar-refractivity contribution in [1.29, 1.82) is 0 Å². The molecule has 2 rings (SSSR count). The van der Waals surface area contributed by atoms with Crippen LogP contribution < -0.4 is 4.74 Å². The van der Waals surface area contributed by atoms with E-state index in [4.69, 9.17) is 4.74 Å². The van der Waals surface area contributed by atoms with Gasteiger partial charge in [-0.15, -0.1) is 0 Å². The number of hydrogen-bond donors (Lipinski definition) is 1. The second-order valence-corrected chi connectivity index (χ2v) is 4.70. The molecule has 0 bridgehead atoms. The summed E-state index contributed by atoms with van der Waals surface area (Å²) in [5, 5.41) is 9.52. The molecule has 0 aliphatic carbocycles. The molecule has 0 spiro atoms. The number of phenolic OH excluding ortho intramolecular Hbond substituents is 1. The van der Waals surface area contributed by atoms with Gasteiger partial charge in [0, 0.05) is 5.56 Å². The van der Waals surface area contributed by atoms with Crippen LogP contribution >= 0.6 is 0 Å².